The monoisotopic (exact) mass is 570 g/mol. The quantitative estimate of drug-likeness (QED) is 0.334. The van der Waals surface area contributed by atoms with Gasteiger partial charge in [-0.05, 0) is 56.2 Å². The molecule has 0 saturated carbocycles. The number of carbonyl (C=O) groups is 2. The second kappa shape index (κ2) is 12.4. The van der Waals surface area contributed by atoms with E-state index in [1.165, 1.54) is 0 Å². The van der Waals surface area contributed by atoms with Crippen LogP contribution in [-0.2, 0) is 28.0 Å². The van der Waals surface area contributed by atoms with Crippen molar-refractivity contribution < 1.29 is 14.3 Å². The first-order chi connectivity index (χ1) is 17.1. The van der Waals surface area contributed by atoms with Crippen LogP contribution in [0.25, 0.3) is 0 Å². The molecule has 1 atom stereocenters. The fourth-order valence-electron chi connectivity index (χ4n) is 3.84. The van der Waals surface area contributed by atoms with Crippen molar-refractivity contribution in [3.05, 3.63) is 99.0 Å². The molecule has 0 aromatic heterocycles. The van der Waals surface area contributed by atoms with E-state index in [1.54, 1.807) is 18.0 Å². The number of carbonyl (C=O) groups excluding carboxylic acids is 2. The van der Waals surface area contributed by atoms with Gasteiger partial charge in [0.15, 0.2) is 6.61 Å². The maximum atomic E-state index is 13.6. The Kier molecular flexibility index (Phi) is 9.57. The molecule has 1 N–H and O–H groups in total. The van der Waals surface area contributed by atoms with Gasteiger partial charge in [-0.1, -0.05) is 87.0 Å². The maximum absolute atomic E-state index is 13.6. The van der Waals surface area contributed by atoms with Crippen LogP contribution in [0.3, 0.4) is 0 Å². The van der Waals surface area contributed by atoms with E-state index < -0.39 is 6.04 Å². The Morgan fingerprint density at radius 3 is 2.31 bits per heavy atom. The third-order valence-corrected chi connectivity index (χ3v) is 6.95. The third-order valence-electron chi connectivity index (χ3n) is 5.97. The smallest absolute Gasteiger partial charge is 0.261 e. The standard InChI is InChI=1S/C29H32BrClN2O3/c1-29(2,3)22-14-15-26(23(30)17-22)36-19-27(34)33(18-21-12-8-9-13-24(21)31)25(28(35)32-4)16-20-10-6-5-7-11-20/h5-15,17,25H,16,18-19H2,1-4H3,(H,32,35). The normalized spacial score (nSPS) is 12.1. The number of benzene rings is 3. The van der Waals surface area contributed by atoms with Gasteiger partial charge in [0, 0.05) is 25.0 Å². The summed E-state index contributed by atoms with van der Waals surface area (Å²) in [6.07, 6.45) is 0.362. The van der Waals surface area contributed by atoms with Gasteiger partial charge in [0.25, 0.3) is 5.91 Å². The van der Waals surface area contributed by atoms with Crippen molar-refractivity contribution in [2.45, 2.75) is 45.2 Å². The molecule has 190 valence electrons. The molecule has 3 aromatic rings. The number of hydrogen-bond acceptors (Lipinski definition) is 3. The van der Waals surface area contributed by atoms with Gasteiger partial charge < -0.3 is 15.0 Å². The highest BCUT2D eigenvalue weighted by molar-refractivity contribution is 9.10. The van der Waals surface area contributed by atoms with Gasteiger partial charge in [0.05, 0.1) is 4.47 Å². The number of likely N-dealkylation sites (N-methyl/N-ethyl adjacent to an activating group) is 1. The Morgan fingerprint density at radius 2 is 1.69 bits per heavy atom. The number of nitrogens with one attached hydrogen (secondary N) is 1. The molecule has 5 nitrogen and oxygen atoms in total. The molecule has 0 aliphatic carbocycles. The van der Waals surface area contributed by atoms with Crippen molar-refractivity contribution >= 4 is 39.3 Å². The predicted octanol–water partition coefficient (Wildman–Crippen LogP) is 6.16. The van der Waals surface area contributed by atoms with E-state index in [2.05, 4.69) is 42.0 Å². The number of hydrogen-bond donors (Lipinski definition) is 1. The zero-order chi connectivity index (χ0) is 26.3. The largest absolute Gasteiger partial charge is 0.483 e. The molecule has 3 rings (SSSR count). The van der Waals surface area contributed by atoms with Crippen molar-refractivity contribution in [1.82, 2.24) is 10.2 Å². The average Bonchev–Trinajstić information content (AvgIpc) is 2.85. The molecule has 0 fully saturated rings. The van der Waals surface area contributed by atoms with Gasteiger partial charge in [-0.15, -0.1) is 0 Å². The van der Waals surface area contributed by atoms with Gasteiger partial charge in [0.1, 0.15) is 11.8 Å². The number of amides is 2. The highest BCUT2D eigenvalue weighted by Gasteiger charge is 2.30. The van der Waals surface area contributed by atoms with E-state index >= 15 is 0 Å². The molecule has 3 aromatic carbocycles. The number of rotatable bonds is 9. The molecule has 0 spiro atoms. The molecule has 0 bridgehead atoms. The molecule has 36 heavy (non-hydrogen) atoms. The minimum absolute atomic E-state index is 0.0131. The van der Waals surface area contributed by atoms with Gasteiger partial charge in [-0.3, -0.25) is 9.59 Å². The van der Waals surface area contributed by atoms with Crippen molar-refractivity contribution in [3.8, 4) is 5.75 Å². The zero-order valence-corrected chi connectivity index (χ0v) is 23.4. The Hall–Kier alpha value is -2.83. The van der Waals surface area contributed by atoms with Crippen LogP contribution in [-0.4, -0.2) is 36.4 Å². The fourth-order valence-corrected chi connectivity index (χ4v) is 4.53. The second-order valence-corrected chi connectivity index (χ2v) is 10.9. The summed E-state index contributed by atoms with van der Waals surface area (Å²) in [6.45, 7) is 6.36. The molecule has 0 heterocycles. The summed E-state index contributed by atoms with van der Waals surface area (Å²) in [6, 6.07) is 22.1. The van der Waals surface area contributed by atoms with Crippen molar-refractivity contribution in [1.29, 1.82) is 0 Å². The van der Waals surface area contributed by atoms with Crippen molar-refractivity contribution in [2.75, 3.05) is 13.7 Å². The Morgan fingerprint density at radius 1 is 1.03 bits per heavy atom. The fraction of sp³-hybridized carbons (Fsp3) is 0.310. The molecule has 0 radical (unpaired) electrons. The lowest BCUT2D eigenvalue weighted by Crippen LogP contribution is -2.51. The Balaban J connectivity index is 1.88. The summed E-state index contributed by atoms with van der Waals surface area (Å²) in [5, 5.41) is 3.24. The Bertz CT molecular complexity index is 1190. The predicted molar refractivity (Wildman–Crippen MR) is 148 cm³/mol. The van der Waals surface area contributed by atoms with Gasteiger partial charge >= 0.3 is 0 Å². The average molecular weight is 572 g/mol. The SMILES string of the molecule is CNC(=O)C(Cc1ccccc1)N(Cc1ccccc1Cl)C(=O)COc1ccc(C(C)(C)C)cc1Br. The van der Waals surface area contributed by atoms with Crippen molar-refractivity contribution in [3.63, 3.8) is 0 Å². The summed E-state index contributed by atoms with van der Waals surface area (Å²) in [5.74, 6) is -0.00480. The van der Waals surface area contributed by atoms with Gasteiger partial charge in [0.2, 0.25) is 5.91 Å². The molecule has 1 unspecified atom stereocenters. The number of ether oxygens (including phenoxy) is 1. The summed E-state index contributed by atoms with van der Waals surface area (Å²) in [7, 11) is 1.57. The van der Waals surface area contributed by atoms with Crippen LogP contribution < -0.4 is 10.1 Å². The van der Waals surface area contributed by atoms with Crippen LogP contribution in [0.4, 0.5) is 0 Å². The maximum Gasteiger partial charge on any atom is 0.261 e. The minimum Gasteiger partial charge on any atom is -0.483 e. The summed E-state index contributed by atoms with van der Waals surface area (Å²) in [5.41, 5.74) is 2.84. The van der Waals surface area contributed by atoms with Gasteiger partial charge in [-0.25, -0.2) is 0 Å². The van der Waals surface area contributed by atoms with E-state index in [4.69, 9.17) is 16.3 Å². The highest BCUT2D eigenvalue weighted by Crippen LogP contribution is 2.31. The molecule has 0 aliphatic rings. The third kappa shape index (κ3) is 7.34. The minimum atomic E-state index is -0.739. The highest BCUT2D eigenvalue weighted by atomic mass is 79.9. The van der Waals surface area contributed by atoms with E-state index in [9.17, 15) is 9.59 Å². The number of nitrogens with zero attached hydrogens (tertiary/aromatic N) is 1. The summed E-state index contributed by atoms with van der Waals surface area (Å²) < 4.78 is 6.70. The molecule has 7 heteroatoms. The second-order valence-electron chi connectivity index (χ2n) is 9.62. The molecular formula is C29H32BrClN2O3. The summed E-state index contributed by atoms with van der Waals surface area (Å²) in [4.78, 5) is 28.1. The Labute approximate surface area is 226 Å². The van der Waals surface area contributed by atoms with Crippen molar-refractivity contribution in [2.24, 2.45) is 0 Å². The van der Waals surface area contributed by atoms with E-state index in [-0.39, 0.29) is 30.4 Å². The van der Waals surface area contributed by atoms with Crippen LogP contribution in [0.1, 0.15) is 37.5 Å². The van der Waals surface area contributed by atoms with Gasteiger partial charge in [-0.2, -0.15) is 0 Å². The van der Waals surface area contributed by atoms with Crippen LogP contribution >= 0.6 is 27.5 Å². The lowest BCUT2D eigenvalue weighted by atomic mass is 9.87. The molecule has 0 aliphatic heterocycles. The van der Waals surface area contributed by atoms with Crippen LogP contribution in [0.15, 0.2) is 77.3 Å². The molecular weight excluding hydrogens is 540 g/mol. The topological polar surface area (TPSA) is 58.6 Å². The lowest BCUT2D eigenvalue weighted by molar-refractivity contribution is -0.142. The van der Waals surface area contributed by atoms with Crippen LogP contribution in [0.2, 0.25) is 5.02 Å². The first-order valence-electron chi connectivity index (χ1n) is 11.8. The van der Waals surface area contributed by atoms with Crippen LogP contribution in [0.5, 0.6) is 5.75 Å². The van der Waals surface area contributed by atoms with E-state index in [0.717, 1.165) is 21.2 Å². The van der Waals surface area contributed by atoms with E-state index in [1.807, 2.05) is 66.7 Å². The zero-order valence-electron chi connectivity index (χ0n) is 21.1. The first kappa shape index (κ1) is 27.8. The molecule has 0 saturated heterocycles. The molecule has 2 amide bonds. The first-order valence-corrected chi connectivity index (χ1v) is 13.0. The lowest BCUT2D eigenvalue weighted by Gasteiger charge is -2.31. The summed E-state index contributed by atoms with van der Waals surface area (Å²) >= 11 is 9.99. The van der Waals surface area contributed by atoms with Crippen LogP contribution in [0, 0.1) is 0 Å². The number of halogens is 2. The van der Waals surface area contributed by atoms with E-state index in [0.29, 0.717) is 17.2 Å².